The van der Waals surface area contributed by atoms with E-state index >= 15 is 0 Å². The number of rotatable bonds is 3. The first kappa shape index (κ1) is 12.2. The molecule has 2 atom stereocenters. The van der Waals surface area contributed by atoms with Crippen LogP contribution in [-0.2, 0) is 4.79 Å². The van der Waals surface area contributed by atoms with Gasteiger partial charge in [-0.2, -0.15) is 11.8 Å². The van der Waals surface area contributed by atoms with Crippen LogP contribution in [0.5, 0.6) is 0 Å². The maximum atomic E-state index is 11.4. The topological polar surface area (TPSA) is 76.0 Å². The van der Waals surface area contributed by atoms with Crippen LogP contribution in [0.15, 0.2) is 16.9 Å². The largest absolute Gasteiger partial charge is 0.369 e. The number of carbonyl (C=O) groups is 1. The van der Waals surface area contributed by atoms with E-state index in [0.29, 0.717) is 5.92 Å². The molecule has 0 bridgehead atoms. The molecule has 0 fully saturated rings. The van der Waals surface area contributed by atoms with Crippen molar-refractivity contribution in [2.45, 2.75) is 24.7 Å². The van der Waals surface area contributed by atoms with Crippen molar-refractivity contribution in [3.05, 3.63) is 33.7 Å². The minimum Gasteiger partial charge on any atom is -0.369 e. The zero-order valence-corrected chi connectivity index (χ0v) is 10.5. The summed E-state index contributed by atoms with van der Waals surface area (Å²) in [6.45, 7) is 0. The van der Waals surface area contributed by atoms with Gasteiger partial charge in [-0.05, 0) is 24.7 Å². The molecule has 1 aromatic rings. The van der Waals surface area contributed by atoms with Gasteiger partial charge in [0, 0.05) is 23.4 Å². The number of fused-ring (bicyclic) bond motifs is 1. The van der Waals surface area contributed by atoms with Gasteiger partial charge in [-0.3, -0.25) is 9.59 Å². The lowest BCUT2D eigenvalue weighted by molar-refractivity contribution is -0.119. The van der Waals surface area contributed by atoms with Crippen molar-refractivity contribution in [2.75, 3.05) is 12.0 Å². The van der Waals surface area contributed by atoms with Crippen molar-refractivity contribution in [1.82, 2.24) is 4.98 Å². The van der Waals surface area contributed by atoms with Gasteiger partial charge < -0.3 is 10.7 Å². The molecule has 17 heavy (non-hydrogen) atoms. The quantitative estimate of drug-likeness (QED) is 0.848. The van der Waals surface area contributed by atoms with Crippen LogP contribution in [-0.4, -0.2) is 22.9 Å². The van der Waals surface area contributed by atoms with E-state index in [1.807, 2.05) is 6.26 Å². The highest BCUT2D eigenvalue weighted by molar-refractivity contribution is 7.98. The lowest BCUT2D eigenvalue weighted by Crippen LogP contribution is -2.29. The van der Waals surface area contributed by atoms with Crippen LogP contribution in [0.3, 0.4) is 0 Å². The number of aromatic amines is 1. The molecule has 0 spiro atoms. The Morgan fingerprint density at radius 3 is 2.94 bits per heavy atom. The fourth-order valence-corrected chi connectivity index (χ4v) is 3.21. The number of primary amides is 1. The average Bonchev–Trinajstić information content (AvgIpc) is 2.29. The Kier molecular flexibility index (Phi) is 3.57. The number of hydrogen-bond donors (Lipinski definition) is 2. The molecule has 1 heterocycles. The minimum absolute atomic E-state index is 0.111. The molecule has 4 nitrogen and oxygen atoms in total. The number of H-pyrrole nitrogens is 1. The Hall–Kier alpha value is -1.23. The Morgan fingerprint density at radius 2 is 2.29 bits per heavy atom. The maximum Gasteiger partial charge on any atom is 0.248 e. The average molecular weight is 252 g/mol. The molecule has 0 saturated heterocycles. The first-order chi connectivity index (χ1) is 8.13. The van der Waals surface area contributed by atoms with Crippen LogP contribution in [0.25, 0.3) is 0 Å². The fourth-order valence-electron chi connectivity index (χ4n) is 2.47. The summed E-state index contributed by atoms with van der Waals surface area (Å²) in [5.74, 6) is 0.726. The number of aromatic nitrogens is 1. The van der Waals surface area contributed by atoms with Crippen molar-refractivity contribution >= 4 is 17.7 Å². The highest BCUT2D eigenvalue weighted by atomic mass is 32.2. The smallest absolute Gasteiger partial charge is 0.248 e. The van der Waals surface area contributed by atoms with Gasteiger partial charge in [-0.25, -0.2) is 0 Å². The molecule has 1 aromatic heterocycles. The summed E-state index contributed by atoms with van der Waals surface area (Å²) in [5.41, 5.74) is 7.10. The van der Waals surface area contributed by atoms with Gasteiger partial charge in [0.2, 0.25) is 11.5 Å². The van der Waals surface area contributed by atoms with Crippen molar-refractivity contribution in [3.8, 4) is 0 Å². The van der Waals surface area contributed by atoms with Gasteiger partial charge in [0.05, 0.1) is 5.92 Å². The highest BCUT2D eigenvalue weighted by Crippen LogP contribution is 2.38. The second kappa shape index (κ2) is 4.96. The summed E-state index contributed by atoms with van der Waals surface area (Å²) in [6.07, 6.45) is 3.72. The van der Waals surface area contributed by atoms with E-state index in [0.717, 1.165) is 29.9 Å². The number of hydrogen-bond acceptors (Lipinski definition) is 3. The van der Waals surface area contributed by atoms with E-state index in [2.05, 4.69) is 4.98 Å². The summed E-state index contributed by atoms with van der Waals surface area (Å²) >= 11 is 1.75. The van der Waals surface area contributed by atoms with Crippen LogP contribution < -0.4 is 11.3 Å². The standard InChI is InChI=1S/C12H16N2O2S/c1-17-6-7-2-3-9(12(13)16)8-4-5-10(15)14-11(7)8/h4-5,7,9H,2-3,6H2,1H3,(H2,13,16)(H,14,15). The van der Waals surface area contributed by atoms with Gasteiger partial charge in [0.1, 0.15) is 0 Å². The number of carbonyl (C=O) groups excluding carboxylic acids is 1. The second-order valence-electron chi connectivity index (χ2n) is 4.38. The number of nitrogens with two attached hydrogens (primary N) is 1. The molecule has 2 rings (SSSR count). The lowest BCUT2D eigenvalue weighted by atomic mass is 9.80. The third-order valence-electron chi connectivity index (χ3n) is 3.28. The monoisotopic (exact) mass is 252 g/mol. The molecule has 0 saturated carbocycles. The molecular weight excluding hydrogens is 236 g/mol. The summed E-state index contributed by atoms with van der Waals surface area (Å²) in [6, 6.07) is 3.21. The summed E-state index contributed by atoms with van der Waals surface area (Å²) in [7, 11) is 0. The normalized spacial score (nSPS) is 23.1. The van der Waals surface area contributed by atoms with E-state index in [4.69, 9.17) is 5.73 Å². The molecule has 1 aliphatic carbocycles. The van der Waals surface area contributed by atoms with E-state index in [1.54, 1.807) is 17.8 Å². The van der Waals surface area contributed by atoms with Crippen molar-refractivity contribution in [1.29, 1.82) is 0 Å². The molecule has 3 N–H and O–H groups in total. The predicted molar refractivity (Wildman–Crippen MR) is 69.4 cm³/mol. The first-order valence-corrected chi connectivity index (χ1v) is 7.04. The minimum atomic E-state index is -0.305. The van der Waals surface area contributed by atoms with Gasteiger partial charge in [0.25, 0.3) is 0 Å². The Bertz CT molecular complexity index is 484. The van der Waals surface area contributed by atoms with Crippen LogP contribution in [0.4, 0.5) is 0 Å². The molecule has 0 radical (unpaired) electrons. The van der Waals surface area contributed by atoms with E-state index in [-0.39, 0.29) is 17.4 Å². The van der Waals surface area contributed by atoms with E-state index < -0.39 is 0 Å². The predicted octanol–water partition coefficient (Wildman–Crippen LogP) is 1.18. The van der Waals surface area contributed by atoms with Crippen molar-refractivity contribution < 1.29 is 4.79 Å². The third kappa shape index (κ3) is 2.39. The van der Waals surface area contributed by atoms with Crippen LogP contribution in [0.1, 0.15) is 35.9 Å². The molecular formula is C12H16N2O2S. The second-order valence-corrected chi connectivity index (χ2v) is 5.29. The van der Waals surface area contributed by atoms with Crippen molar-refractivity contribution in [2.24, 2.45) is 5.73 Å². The Morgan fingerprint density at radius 1 is 1.53 bits per heavy atom. The van der Waals surface area contributed by atoms with E-state index in [9.17, 15) is 9.59 Å². The van der Waals surface area contributed by atoms with Gasteiger partial charge in [0.15, 0.2) is 0 Å². The lowest BCUT2D eigenvalue weighted by Gasteiger charge is -2.29. The molecule has 0 aromatic carbocycles. The molecule has 92 valence electrons. The first-order valence-electron chi connectivity index (χ1n) is 5.65. The van der Waals surface area contributed by atoms with Gasteiger partial charge >= 0.3 is 0 Å². The van der Waals surface area contributed by atoms with Crippen molar-refractivity contribution in [3.63, 3.8) is 0 Å². The van der Waals surface area contributed by atoms with Crippen LogP contribution >= 0.6 is 11.8 Å². The van der Waals surface area contributed by atoms with Crippen LogP contribution in [0.2, 0.25) is 0 Å². The number of nitrogens with one attached hydrogen (secondary N) is 1. The van der Waals surface area contributed by atoms with Crippen LogP contribution in [0, 0.1) is 0 Å². The molecule has 5 heteroatoms. The summed E-state index contributed by atoms with van der Waals surface area (Å²) < 4.78 is 0. The maximum absolute atomic E-state index is 11.4. The van der Waals surface area contributed by atoms with E-state index in [1.165, 1.54) is 6.07 Å². The Balaban J connectivity index is 2.45. The Labute approximate surface area is 104 Å². The molecule has 0 aliphatic heterocycles. The molecule has 1 amide bonds. The number of pyridine rings is 1. The zero-order valence-electron chi connectivity index (χ0n) is 9.73. The summed E-state index contributed by atoms with van der Waals surface area (Å²) in [4.78, 5) is 25.7. The molecule has 1 aliphatic rings. The van der Waals surface area contributed by atoms with Gasteiger partial charge in [-0.15, -0.1) is 0 Å². The zero-order chi connectivity index (χ0) is 12.4. The number of thioether (sulfide) groups is 1. The molecule has 2 unspecified atom stereocenters. The number of amides is 1. The highest BCUT2D eigenvalue weighted by Gasteiger charge is 2.30. The fraction of sp³-hybridized carbons (Fsp3) is 0.500. The summed E-state index contributed by atoms with van der Waals surface area (Å²) in [5, 5.41) is 0. The third-order valence-corrected chi connectivity index (χ3v) is 4.02. The van der Waals surface area contributed by atoms with Gasteiger partial charge in [-0.1, -0.05) is 6.07 Å². The SMILES string of the molecule is CSCC1CCC(C(N)=O)c2ccc(=O)[nH]c21.